The average Bonchev–Trinajstić information content (AvgIpc) is 3.45. The molecule has 3 aromatic rings. The van der Waals surface area contributed by atoms with Crippen LogP contribution in [0.4, 0.5) is 5.82 Å². The fourth-order valence-corrected chi connectivity index (χ4v) is 3.75. The third kappa shape index (κ3) is 3.73. The highest BCUT2D eigenvalue weighted by atomic mass is 16.2. The van der Waals surface area contributed by atoms with Crippen molar-refractivity contribution in [3.63, 3.8) is 0 Å². The van der Waals surface area contributed by atoms with Crippen LogP contribution >= 0.6 is 0 Å². The number of nitrogens with zero attached hydrogens (tertiary/aromatic N) is 4. The molecule has 142 valence electrons. The van der Waals surface area contributed by atoms with Gasteiger partial charge in [-0.25, -0.2) is 4.98 Å². The first-order valence-corrected chi connectivity index (χ1v) is 9.98. The molecule has 6 nitrogen and oxygen atoms in total. The minimum absolute atomic E-state index is 0.0694. The number of carbonyl (C=O) groups excluding carboxylic acids is 1. The number of anilines is 1. The molecule has 0 aromatic carbocycles. The third-order valence-corrected chi connectivity index (χ3v) is 5.50. The molecule has 1 N–H and O–H groups in total. The Morgan fingerprint density at radius 3 is 2.64 bits per heavy atom. The van der Waals surface area contributed by atoms with Crippen molar-refractivity contribution in [3.05, 3.63) is 48.5 Å². The summed E-state index contributed by atoms with van der Waals surface area (Å²) < 4.78 is 0. The largest absolute Gasteiger partial charge is 0.310 e. The number of rotatable bonds is 5. The van der Waals surface area contributed by atoms with Crippen LogP contribution in [-0.2, 0) is 11.3 Å². The van der Waals surface area contributed by atoms with Gasteiger partial charge in [0, 0.05) is 48.2 Å². The molecule has 3 aromatic heterocycles. The van der Waals surface area contributed by atoms with Crippen LogP contribution in [0.2, 0.25) is 0 Å². The molecule has 0 unspecified atom stereocenters. The lowest BCUT2D eigenvalue weighted by molar-refractivity contribution is -0.117. The molecule has 1 amide bonds. The van der Waals surface area contributed by atoms with Gasteiger partial charge >= 0.3 is 0 Å². The van der Waals surface area contributed by atoms with E-state index < -0.39 is 0 Å². The Morgan fingerprint density at radius 2 is 1.82 bits per heavy atom. The molecule has 0 bridgehead atoms. The van der Waals surface area contributed by atoms with Gasteiger partial charge in [-0.1, -0.05) is 0 Å². The molecule has 1 saturated heterocycles. The maximum absolute atomic E-state index is 12.0. The zero-order valence-electron chi connectivity index (χ0n) is 15.8. The summed E-state index contributed by atoms with van der Waals surface area (Å²) in [5.41, 5.74) is 3.11. The van der Waals surface area contributed by atoms with Crippen LogP contribution in [0.15, 0.2) is 43.0 Å². The summed E-state index contributed by atoms with van der Waals surface area (Å²) in [4.78, 5) is 27.8. The minimum Gasteiger partial charge on any atom is -0.310 e. The molecule has 6 heteroatoms. The summed E-state index contributed by atoms with van der Waals surface area (Å²) in [7, 11) is 0. The van der Waals surface area contributed by atoms with Crippen molar-refractivity contribution >= 4 is 22.5 Å². The Labute approximate surface area is 164 Å². The Morgan fingerprint density at radius 1 is 1.00 bits per heavy atom. The van der Waals surface area contributed by atoms with Gasteiger partial charge in [0.2, 0.25) is 5.91 Å². The number of hydrogen-bond donors (Lipinski definition) is 1. The first-order chi connectivity index (χ1) is 13.7. The first kappa shape index (κ1) is 17.3. The number of fused-ring (bicyclic) bond motifs is 1. The number of pyridine rings is 3. The predicted octanol–water partition coefficient (Wildman–Crippen LogP) is 3.64. The zero-order chi connectivity index (χ0) is 18.9. The summed E-state index contributed by atoms with van der Waals surface area (Å²) in [5.74, 6) is 0.831. The summed E-state index contributed by atoms with van der Waals surface area (Å²) in [6.07, 6.45) is 11.9. The summed E-state index contributed by atoms with van der Waals surface area (Å²) in [6.45, 7) is 3.28. The average molecular weight is 373 g/mol. The van der Waals surface area contributed by atoms with Crippen molar-refractivity contribution in [3.8, 4) is 11.3 Å². The van der Waals surface area contributed by atoms with Crippen LogP contribution < -0.4 is 5.32 Å². The van der Waals surface area contributed by atoms with Crippen molar-refractivity contribution < 1.29 is 4.79 Å². The third-order valence-electron chi connectivity index (χ3n) is 5.50. The zero-order valence-corrected chi connectivity index (χ0v) is 15.8. The lowest BCUT2D eigenvalue weighted by Gasteiger charge is -2.14. The van der Waals surface area contributed by atoms with E-state index in [0.717, 1.165) is 41.4 Å². The lowest BCUT2D eigenvalue weighted by Crippen LogP contribution is -2.18. The fraction of sp³-hybridized carbons (Fsp3) is 0.364. The highest BCUT2D eigenvalue weighted by Crippen LogP contribution is 2.30. The van der Waals surface area contributed by atoms with Gasteiger partial charge in [0.1, 0.15) is 5.82 Å². The van der Waals surface area contributed by atoms with E-state index in [-0.39, 0.29) is 11.8 Å². The Balaban J connectivity index is 1.41. The predicted molar refractivity (Wildman–Crippen MR) is 109 cm³/mol. The quantitative estimate of drug-likeness (QED) is 0.739. The second-order valence-corrected chi connectivity index (χ2v) is 7.81. The molecule has 1 aliphatic heterocycles. The number of nitrogens with one attached hydrogen (secondary N) is 1. The fourth-order valence-electron chi connectivity index (χ4n) is 3.75. The SMILES string of the molecule is O=C(Nc1cc2cc(-c3cncc(CN4CCCC4)c3)ncc2cn1)C1CC1. The van der Waals surface area contributed by atoms with E-state index in [9.17, 15) is 4.79 Å². The van der Waals surface area contributed by atoms with Crippen molar-refractivity contribution in [1.82, 2.24) is 19.9 Å². The van der Waals surface area contributed by atoms with Gasteiger partial charge in [0.25, 0.3) is 0 Å². The Hall–Kier alpha value is -2.86. The standard InChI is InChI=1S/C22H23N5O/c28-22(16-3-4-16)26-21-9-17-8-20(24-12-19(17)13-25-21)18-7-15(10-23-11-18)14-27-5-1-2-6-27/h7-13,16H,1-6,14H2,(H,25,26,28). The van der Waals surface area contributed by atoms with Crippen LogP contribution in [-0.4, -0.2) is 38.8 Å². The lowest BCUT2D eigenvalue weighted by atomic mass is 10.1. The van der Waals surface area contributed by atoms with Gasteiger partial charge in [-0.05, 0) is 67.9 Å². The maximum atomic E-state index is 12.0. The van der Waals surface area contributed by atoms with Crippen LogP contribution in [0.3, 0.4) is 0 Å². The highest BCUT2D eigenvalue weighted by molar-refractivity contribution is 5.95. The molecule has 4 heterocycles. The first-order valence-electron chi connectivity index (χ1n) is 9.98. The van der Waals surface area contributed by atoms with Crippen molar-refractivity contribution in [1.29, 1.82) is 0 Å². The molecular formula is C22H23N5O. The van der Waals surface area contributed by atoms with Crippen molar-refractivity contribution in [2.75, 3.05) is 18.4 Å². The number of amides is 1. The van der Waals surface area contributed by atoms with Crippen LogP contribution in [0.25, 0.3) is 22.0 Å². The molecular weight excluding hydrogens is 350 g/mol. The van der Waals surface area contributed by atoms with Gasteiger partial charge in [-0.2, -0.15) is 0 Å². The summed E-state index contributed by atoms with van der Waals surface area (Å²) in [6, 6.07) is 6.14. The van der Waals surface area contributed by atoms with E-state index >= 15 is 0 Å². The molecule has 1 saturated carbocycles. The van der Waals surface area contributed by atoms with Crippen LogP contribution in [0, 0.1) is 5.92 Å². The normalized spacial score (nSPS) is 17.1. The van der Waals surface area contributed by atoms with E-state index in [1.807, 2.05) is 30.7 Å². The van der Waals surface area contributed by atoms with E-state index in [0.29, 0.717) is 5.82 Å². The molecule has 5 rings (SSSR count). The summed E-state index contributed by atoms with van der Waals surface area (Å²) >= 11 is 0. The molecule has 28 heavy (non-hydrogen) atoms. The van der Waals surface area contributed by atoms with Crippen molar-refractivity contribution in [2.24, 2.45) is 5.92 Å². The molecule has 0 radical (unpaired) electrons. The van der Waals surface area contributed by atoms with Gasteiger partial charge in [-0.15, -0.1) is 0 Å². The number of likely N-dealkylation sites (tertiary alicyclic amines) is 1. The van der Waals surface area contributed by atoms with E-state index in [2.05, 4.69) is 31.2 Å². The number of aromatic nitrogens is 3. The molecule has 0 atom stereocenters. The monoisotopic (exact) mass is 373 g/mol. The van der Waals surface area contributed by atoms with Crippen LogP contribution in [0.5, 0.6) is 0 Å². The number of hydrogen-bond acceptors (Lipinski definition) is 5. The van der Waals surface area contributed by atoms with Crippen molar-refractivity contribution in [2.45, 2.75) is 32.2 Å². The van der Waals surface area contributed by atoms with Crippen LogP contribution in [0.1, 0.15) is 31.2 Å². The molecule has 2 aliphatic rings. The number of carbonyl (C=O) groups is 1. The van der Waals surface area contributed by atoms with E-state index in [4.69, 9.17) is 0 Å². The molecule has 0 spiro atoms. The van der Waals surface area contributed by atoms with E-state index in [1.165, 1.54) is 31.5 Å². The second-order valence-electron chi connectivity index (χ2n) is 7.81. The topological polar surface area (TPSA) is 71.0 Å². The van der Waals surface area contributed by atoms with Gasteiger partial charge < -0.3 is 5.32 Å². The summed E-state index contributed by atoms with van der Waals surface area (Å²) in [5, 5.41) is 4.88. The van der Waals surface area contributed by atoms with E-state index in [1.54, 1.807) is 6.20 Å². The maximum Gasteiger partial charge on any atom is 0.228 e. The smallest absolute Gasteiger partial charge is 0.228 e. The Kier molecular flexibility index (Phi) is 4.49. The Bertz CT molecular complexity index is 1020. The van der Waals surface area contributed by atoms with Gasteiger partial charge in [0.15, 0.2) is 0 Å². The van der Waals surface area contributed by atoms with Gasteiger partial charge in [0.05, 0.1) is 5.69 Å². The second kappa shape index (κ2) is 7.28. The highest BCUT2D eigenvalue weighted by Gasteiger charge is 2.29. The molecule has 2 fully saturated rings. The minimum atomic E-state index is 0.0694. The van der Waals surface area contributed by atoms with Gasteiger partial charge in [-0.3, -0.25) is 19.7 Å². The molecule has 1 aliphatic carbocycles.